The van der Waals surface area contributed by atoms with Gasteiger partial charge in [-0.15, -0.1) is 0 Å². The van der Waals surface area contributed by atoms with E-state index in [4.69, 9.17) is 0 Å². The van der Waals surface area contributed by atoms with Crippen molar-refractivity contribution in [1.29, 1.82) is 0 Å². The number of hydrogen-bond donors (Lipinski definition) is 2. The van der Waals surface area contributed by atoms with Gasteiger partial charge in [-0.1, -0.05) is 66.7 Å². The molecule has 146 valence electrons. The van der Waals surface area contributed by atoms with Crippen molar-refractivity contribution < 1.29 is 9.59 Å². The second kappa shape index (κ2) is 8.27. The number of carbonyl (C=O) groups is 2. The third-order valence-electron chi connectivity index (χ3n) is 5.47. The van der Waals surface area contributed by atoms with Gasteiger partial charge in [0.1, 0.15) is 0 Å². The van der Waals surface area contributed by atoms with Crippen molar-refractivity contribution in [2.45, 2.75) is 18.4 Å². The highest BCUT2D eigenvalue weighted by atomic mass is 16.2. The summed E-state index contributed by atoms with van der Waals surface area (Å²) in [5, 5.41) is 5.59. The summed E-state index contributed by atoms with van der Waals surface area (Å²) in [4.78, 5) is 29.1. The smallest absolute Gasteiger partial charge is 0.239 e. The molecule has 2 N–H and O–H groups in total. The fourth-order valence-electron chi connectivity index (χ4n) is 3.90. The van der Waals surface area contributed by atoms with Crippen LogP contribution >= 0.6 is 0 Å². The molecule has 2 amide bonds. The number of carbonyl (C=O) groups excluding carboxylic acids is 2. The van der Waals surface area contributed by atoms with E-state index in [1.807, 2.05) is 54.6 Å². The molecule has 2 aromatic carbocycles. The lowest BCUT2D eigenvalue weighted by atomic mass is 9.85. The molecule has 5 nitrogen and oxygen atoms in total. The summed E-state index contributed by atoms with van der Waals surface area (Å²) in [5.74, 6) is -0.503. The Labute approximate surface area is 170 Å². The van der Waals surface area contributed by atoms with Crippen molar-refractivity contribution in [3.05, 3.63) is 102 Å². The Balaban J connectivity index is 1.39. The van der Waals surface area contributed by atoms with Crippen molar-refractivity contribution in [3.8, 4) is 0 Å². The number of nitrogens with one attached hydrogen (secondary N) is 2. The zero-order valence-electron chi connectivity index (χ0n) is 16.0. The molecule has 3 aromatic rings. The van der Waals surface area contributed by atoms with Crippen molar-refractivity contribution >= 4 is 11.8 Å². The second-order valence-electron chi connectivity index (χ2n) is 7.28. The maximum absolute atomic E-state index is 12.8. The standard InChI is InChI=1S/C24H23N3O2/c28-22(26-16-20-13-7-8-14-25-20)17-27-23(29)21-15-24(21,18-9-3-1-4-10-18)19-11-5-2-6-12-19/h1-14,21H,15-17H2,(H,26,28)(H,27,29). The van der Waals surface area contributed by atoms with Gasteiger partial charge in [0, 0.05) is 11.6 Å². The maximum Gasteiger partial charge on any atom is 0.239 e. The Bertz CT molecular complexity index is 935. The molecular formula is C24H23N3O2. The summed E-state index contributed by atoms with van der Waals surface area (Å²) >= 11 is 0. The van der Waals surface area contributed by atoms with Gasteiger partial charge in [0.05, 0.1) is 24.7 Å². The van der Waals surface area contributed by atoms with Crippen LogP contribution in [-0.2, 0) is 21.5 Å². The van der Waals surface area contributed by atoms with Gasteiger partial charge in [0.2, 0.25) is 11.8 Å². The van der Waals surface area contributed by atoms with E-state index < -0.39 is 0 Å². The van der Waals surface area contributed by atoms with E-state index in [0.29, 0.717) is 6.54 Å². The lowest BCUT2D eigenvalue weighted by Crippen LogP contribution is -2.38. The lowest BCUT2D eigenvalue weighted by Gasteiger charge is -2.19. The van der Waals surface area contributed by atoms with Crippen molar-refractivity contribution in [3.63, 3.8) is 0 Å². The number of amides is 2. The molecule has 0 radical (unpaired) electrons. The van der Waals surface area contributed by atoms with Gasteiger partial charge in [0.25, 0.3) is 0 Å². The second-order valence-corrected chi connectivity index (χ2v) is 7.28. The Morgan fingerprint density at radius 2 is 1.48 bits per heavy atom. The maximum atomic E-state index is 12.8. The van der Waals surface area contributed by atoms with Crippen molar-refractivity contribution in [1.82, 2.24) is 15.6 Å². The normalized spacial score (nSPS) is 16.6. The topological polar surface area (TPSA) is 71.1 Å². The van der Waals surface area contributed by atoms with Gasteiger partial charge in [-0.25, -0.2) is 0 Å². The Morgan fingerprint density at radius 3 is 2.07 bits per heavy atom. The first-order valence-corrected chi connectivity index (χ1v) is 9.75. The number of nitrogens with zero attached hydrogens (tertiary/aromatic N) is 1. The fourth-order valence-corrected chi connectivity index (χ4v) is 3.90. The van der Waals surface area contributed by atoms with Crippen molar-refractivity contribution in [2.24, 2.45) is 5.92 Å². The average molecular weight is 385 g/mol. The molecule has 0 bridgehead atoms. The van der Waals surface area contributed by atoms with Gasteiger partial charge in [-0.05, 0) is 29.7 Å². The average Bonchev–Trinajstić information content (AvgIpc) is 3.55. The van der Waals surface area contributed by atoms with Crippen LogP contribution in [0.25, 0.3) is 0 Å². The minimum atomic E-state index is -0.322. The first-order valence-electron chi connectivity index (χ1n) is 9.75. The number of hydrogen-bond acceptors (Lipinski definition) is 3. The highest BCUT2D eigenvalue weighted by Crippen LogP contribution is 2.58. The van der Waals surface area contributed by atoms with Crippen LogP contribution in [-0.4, -0.2) is 23.3 Å². The van der Waals surface area contributed by atoms with Crippen LogP contribution in [0.5, 0.6) is 0 Å². The molecule has 1 atom stereocenters. The van der Waals surface area contributed by atoms with Crippen LogP contribution in [0.2, 0.25) is 0 Å². The molecule has 4 rings (SSSR count). The minimum absolute atomic E-state index is 0.0399. The van der Waals surface area contributed by atoms with Crippen molar-refractivity contribution in [2.75, 3.05) is 6.54 Å². The number of rotatable bonds is 7. The third kappa shape index (κ3) is 4.04. The van der Waals surface area contributed by atoms with Crippen LogP contribution in [0.4, 0.5) is 0 Å². The van der Waals surface area contributed by atoms with Crippen LogP contribution in [0.15, 0.2) is 85.1 Å². The molecule has 29 heavy (non-hydrogen) atoms. The first-order chi connectivity index (χ1) is 14.2. The van der Waals surface area contributed by atoms with Gasteiger partial charge >= 0.3 is 0 Å². The monoisotopic (exact) mass is 385 g/mol. The van der Waals surface area contributed by atoms with Crippen LogP contribution in [0.1, 0.15) is 23.2 Å². The summed E-state index contributed by atoms with van der Waals surface area (Å²) in [6.07, 6.45) is 2.42. The van der Waals surface area contributed by atoms with E-state index >= 15 is 0 Å². The number of pyridine rings is 1. The summed E-state index contributed by atoms with van der Waals surface area (Å²) in [5.41, 5.74) is 2.72. The molecule has 1 unspecified atom stereocenters. The molecule has 1 saturated carbocycles. The zero-order chi connectivity index (χ0) is 20.1. The van der Waals surface area contributed by atoms with E-state index in [0.717, 1.165) is 23.2 Å². The summed E-state index contributed by atoms with van der Waals surface area (Å²) in [6, 6.07) is 25.8. The fraction of sp³-hybridized carbons (Fsp3) is 0.208. The third-order valence-corrected chi connectivity index (χ3v) is 5.47. The minimum Gasteiger partial charge on any atom is -0.349 e. The van der Waals surface area contributed by atoms with Crippen LogP contribution < -0.4 is 10.6 Å². The molecule has 0 aliphatic heterocycles. The van der Waals surface area contributed by atoms with Gasteiger partial charge in [-0.3, -0.25) is 14.6 Å². The van der Waals surface area contributed by atoms with E-state index in [9.17, 15) is 9.59 Å². The molecule has 0 saturated heterocycles. The summed E-state index contributed by atoms with van der Waals surface area (Å²) < 4.78 is 0. The van der Waals surface area contributed by atoms with Crippen LogP contribution in [0.3, 0.4) is 0 Å². The predicted octanol–water partition coefficient (Wildman–Crippen LogP) is 2.82. The van der Waals surface area contributed by atoms with Crippen LogP contribution in [0, 0.1) is 5.92 Å². The number of benzene rings is 2. The molecule has 1 heterocycles. The molecule has 1 aliphatic carbocycles. The number of aromatic nitrogens is 1. The van der Waals surface area contributed by atoms with Gasteiger partial charge in [0.15, 0.2) is 0 Å². The SMILES string of the molecule is O=C(CNC(=O)C1CC1(c1ccccc1)c1ccccc1)NCc1ccccn1. The van der Waals surface area contributed by atoms with Gasteiger partial charge in [-0.2, -0.15) is 0 Å². The first kappa shape index (κ1) is 18.9. The predicted molar refractivity (Wildman–Crippen MR) is 111 cm³/mol. The Morgan fingerprint density at radius 1 is 0.862 bits per heavy atom. The summed E-state index contributed by atoms with van der Waals surface area (Å²) in [6.45, 7) is 0.304. The molecule has 0 spiro atoms. The largest absolute Gasteiger partial charge is 0.349 e. The Kier molecular flexibility index (Phi) is 5.38. The zero-order valence-corrected chi connectivity index (χ0v) is 16.0. The summed E-state index contributed by atoms with van der Waals surface area (Å²) in [7, 11) is 0. The highest BCUT2D eigenvalue weighted by molar-refractivity contribution is 5.89. The highest BCUT2D eigenvalue weighted by Gasteiger charge is 2.60. The van der Waals surface area contributed by atoms with E-state index in [1.54, 1.807) is 6.20 Å². The molecule has 5 heteroatoms. The van der Waals surface area contributed by atoms with E-state index in [1.165, 1.54) is 0 Å². The van der Waals surface area contributed by atoms with E-state index in [-0.39, 0.29) is 29.7 Å². The molecule has 1 aromatic heterocycles. The Hall–Kier alpha value is -3.47. The van der Waals surface area contributed by atoms with Gasteiger partial charge < -0.3 is 10.6 Å². The lowest BCUT2D eigenvalue weighted by molar-refractivity contribution is -0.127. The quantitative estimate of drug-likeness (QED) is 0.657. The molecule has 1 aliphatic rings. The molecular weight excluding hydrogens is 362 g/mol. The van der Waals surface area contributed by atoms with E-state index in [2.05, 4.69) is 39.9 Å². The molecule has 1 fully saturated rings.